The summed E-state index contributed by atoms with van der Waals surface area (Å²) in [6.45, 7) is 2.01. The molecule has 2 aromatic rings. The zero-order valence-electron chi connectivity index (χ0n) is 15.4. The van der Waals surface area contributed by atoms with Gasteiger partial charge in [-0.1, -0.05) is 30.3 Å². The van der Waals surface area contributed by atoms with Gasteiger partial charge in [0.1, 0.15) is 0 Å². The molecule has 0 saturated carbocycles. The van der Waals surface area contributed by atoms with Crippen LogP contribution in [0.15, 0.2) is 48.5 Å². The Balaban J connectivity index is 1.85. The highest BCUT2D eigenvalue weighted by molar-refractivity contribution is 5.33. The van der Waals surface area contributed by atoms with Crippen molar-refractivity contribution in [2.45, 2.75) is 38.0 Å². The van der Waals surface area contributed by atoms with Crippen molar-refractivity contribution in [3.8, 4) is 0 Å². The molecule has 0 radical (unpaired) electrons. The van der Waals surface area contributed by atoms with Crippen molar-refractivity contribution in [2.75, 3.05) is 13.2 Å². The minimum Gasteiger partial charge on any atom is -0.378 e. The second-order valence-corrected chi connectivity index (χ2v) is 6.86. The van der Waals surface area contributed by atoms with Crippen molar-refractivity contribution in [3.05, 3.63) is 70.8 Å². The maximum absolute atomic E-state index is 13.0. The summed E-state index contributed by atoms with van der Waals surface area (Å²) in [5.41, 5.74) is -2.06. The second kappa shape index (κ2) is 8.33. The Kier molecular flexibility index (Phi) is 6.21. The average molecular weight is 419 g/mol. The smallest absolute Gasteiger partial charge is 0.378 e. The molecule has 1 aliphatic rings. The molecule has 3 nitrogen and oxygen atoms in total. The van der Waals surface area contributed by atoms with Gasteiger partial charge in [0.05, 0.1) is 43.0 Å². The van der Waals surface area contributed by atoms with E-state index >= 15 is 0 Å². The van der Waals surface area contributed by atoms with Crippen LogP contribution in [-0.4, -0.2) is 24.3 Å². The molecule has 0 unspecified atom stereocenters. The van der Waals surface area contributed by atoms with Crippen LogP contribution in [0.3, 0.4) is 0 Å². The Morgan fingerprint density at radius 3 is 2.07 bits per heavy atom. The molecule has 0 aliphatic carbocycles. The number of ether oxygens (including phenoxy) is 1. The van der Waals surface area contributed by atoms with Gasteiger partial charge in [-0.25, -0.2) is 0 Å². The van der Waals surface area contributed by atoms with E-state index in [1.807, 2.05) is 37.3 Å². The molecule has 9 heteroatoms. The number of nitrogens with zero attached hydrogens (tertiary/aromatic N) is 1. The number of rotatable bonds is 4. The summed E-state index contributed by atoms with van der Waals surface area (Å²) in [7, 11) is 0. The van der Waals surface area contributed by atoms with E-state index in [2.05, 4.69) is 0 Å². The molecule has 1 aliphatic heterocycles. The fraction of sp³-hybridized carbons (Fsp3) is 0.400. The topological polar surface area (TPSA) is 21.7 Å². The number of hydroxylamine groups is 2. The maximum atomic E-state index is 13.0. The first-order valence-corrected chi connectivity index (χ1v) is 8.88. The van der Waals surface area contributed by atoms with E-state index in [1.54, 1.807) is 5.06 Å². The van der Waals surface area contributed by atoms with Crippen LogP contribution in [0.4, 0.5) is 26.3 Å². The SMILES string of the molecule is C[C@@H]1COC[C@H](c2ccccc2)N1OCc1cc(C(F)(F)F)cc(C(F)(F)F)c1. The fourth-order valence-electron chi connectivity index (χ4n) is 3.19. The van der Waals surface area contributed by atoms with Gasteiger partial charge in [-0.05, 0) is 36.2 Å². The second-order valence-electron chi connectivity index (χ2n) is 6.86. The van der Waals surface area contributed by atoms with E-state index in [9.17, 15) is 26.3 Å². The van der Waals surface area contributed by atoms with Crippen molar-refractivity contribution in [1.29, 1.82) is 0 Å². The van der Waals surface area contributed by atoms with E-state index in [4.69, 9.17) is 9.57 Å². The standard InChI is InChI=1S/C20H19F6NO2/c1-13-10-28-12-18(15-5-3-2-4-6-15)27(13)29-11-14-7-16(19(21,22)23)9-17(8-14)20(24,25)26/h2-9,13,18H,10-12H2,1H3/t13-,18-/m1/s1. The van der Waals surface area contributed by atoms with Crippen molar-refractivity contribution in [1.82, 2.24) is 5.06 Å². The molecular weight excluding hydrogens is 400 g/mol. The van der Waals surface area contributed by atoms with E-state index < -0.39 is 30.1 Å². The van der Waals surface area contributed by atoms with Crippen LogP contribution in [0.2, 0.25) is 0 Å². The van der Waals surface area contributed by atoms with Crippen molar-refractivity contribution in [3.63, 3.8) is 0 Å². The summed E-state index contributed by atoms with van der Waals surface area (Å²) in [6, 6.07) is 10.1. The molecular formula is C20H19F6NO2. The Labute approximate surface area is 163 Å². The van der Waals surface area contributed by atoms with Crippen LogP contribution in [0.25, 0.3) is 0 Å². The third-order valence-electron chi connectivity index (χ3n) is 4.59. The molecule has 1 heterocycles. The molecule has 0 N–H and O–H groups in total. The normalized spacial score (nSPS) is 21.3. The van der Waals surface area contributed by atoms with Gasteiger partial charge >= 0.3 is 12.4 Å². The van der Waals surface area contributed by atoms with Gasteiger partial charge in [-0.2, -0.15) is 31.4 Å². The minimum atomic E-state index is -4.89. The zero-order valence-corrected chi connectivity index (χ0v) is 15.4. The Morgan fingerprint density at radius 1 is 0.931 bits per heavy atom. The predicted octanol–water partition coefficient (Wildman–Crippen LogP) is 5.62. The van der Waals surface area contributed by atoms with E-state index in [-0.39, 0.29) is 23.7 Å². The lowest BCUT2D eigenvalue weighted by Crippen LogP contribution is -2.45. The number of hydrogen-bond donors (Lipinski definition) is 0. The molecule has 29 heavy (non-hydrogen) atoms. The summed E-state index contributed by atoms with van der Waals surface area (Å²) in [5, 5.41) is 1.58. The number of benzene rings is 2. The molecule has 1 saturated heterocycles. The molecule has 0 spiro atoms. The fourth-order valence-corrected chi connectivity index (χ4v) is 3.19. The first kappa shape index (κ1) is 21.6. The van der Waals surface area contributed by atoms with Crippen LogP contribution in [0, 0.1) is 0 Å². The van der Waals surface area contributed by atoms with Crippen LogP contribution < -0.4 is 0 Å². The number of alkyl halides is 6. The largest absolute Gasteiger partial charge is 0.416 e. The van der Waals surface area contributed by atoms with Crippen molar-refractivity contribution >= 4 is 0 Å². The third kappa shape index (κ3) is 5.29. The monoisotopic (exact) mass is 419 g/mol. The Hall–Kier alpha value is -2.10. The van der Waals surface area contributed by atoms with E-state index in [0.717, 1.165) is 5.56 Å². The number of hydrogen-bond acceptors (Lipinski definition) is 3. The molecule has 0 amide bonds. The van der Waals surface area contributed by atoms with Crippen LogP contribution in [0.1, 0.15) is 35.2 Å². The maximum Gasteiger partial charge on any atom is 0.416 e. The molecule has 158 valence electrons. The lowest BCUT2D eigenvalue weighted by molar-refractivity contribution is -0.260. The first-order chi connectivity index (χ1) is 13.6. The highest BCUT2D eigenvalue weighted by atomic mass is 19.4. The summed E-state index contributed by atoms with van der Waals surface area (Å²) < 4.78 is 83.8. The molecule has 0 bridgehead atoms. The Bertz CT molecular complexity index is 790. The molecule has 2 aromatic carbocycles. The van der Waals surface area contributed by atoms with Gasteiger partial charge in [-0.15, -0.1) is 0 Å². The van der Waals surface area contributed by atoms with Crippen molar-refractivity contribution in [2.24, 2.45) is 0 Å². The van der Waals surface area contributed by atoms with E-state index in [1.165, 1.54) is 0 Å². The lowest BCUT2D eigenvalue weighted by Gasteiger charge is -2.39. The zero-order chi connectivity index (χ0) is 21.2. The minimum absolute atomic E-state index is 0.105. The van der Waals surface area contributed by atoms with Gasteiger partial charge in [0.2, 0.25) is 0 Å². The Morgan fingerprint density at radius 2 is 1.52 bits per heavy atom. The quantitative estimate of drug-likeness (QED) is 0.601. The molecule has 2 atom stereocenters. The van der Waals surface area contributed by atoms with Crippen LogP contribution in [0.5, 0.6) is 0 Å². The average Bonchev–Trinajstić information content (AvgIpc) is 2.66. The molecule has 3 rings (SSSR count). The highest BCUT2D eigenvalue weighted by Gasteiger charge is 2.37. The van der Waals surface area contributed by atoms with Gasteiger partial charge in [0.25, 0.3) is 0 Å². The van der Waals surface area contributed by atoms with Gasteiger partial charge in [0.15, 0.2) is 0 Å². The molecule has 1 fully saturated rings. The van der Waals surface area contributed by atoms with Crippen LogP contribution in [-0.2, 0) is 28.5 Å². The van der Waals surface area contributed by atoms with Gasteiger partial charge in [-0.3, -0.25) is 4.84 Å². The number of halogens is 6. The van der Waals surface area contributed by atoms with Gasteiger partial charge < -0.3 is 4.74 Å². The van der Waals surface area contributed by atoms with Crippen LogP contribution >= 0.6 is 0 Å². The summed E-state index contributed by atoms with van der Waals surface area (Å²) >= 11 is 0. The van der Waals surface area contributed by atoms with Crippen molar-refractivity contribution < 1.29 is 35.9 Å². The molecule has 0 aromatic heterocycles. The summed E-state index contributed by atoms with van der Waals surface area (Å²) in [4.78, 5) is 5.70. The summed E-state index contributed by atoms with van der Waals surface area (Å²) in [5.74, 6) is 0. The van der Waals surface area contributed by atoms with E-state index in [0.29, 0.717) is 25.3 Å². The number of morpholine rings is 1. The lowest BCUT2D eigenvalue weighted by atomic mass is 10.0. The predicted molar refractivity (Wildman–Crippen MR) is 92.5 cm³/mol. The third-order valence-corrected chi connectivity index (χ3v) is 4.59. The van der Waals surface area contributed by atoms with Gasteiger partial charge in [0, 0.05) is 0 Å². The summed E-state index contributed by atoms with van der Waals surface area (Å²) in [6.07, 6.45) is -9.79. The highest BCUT2D eigenvalue weighted by Crippen LogP contribution is 2.37. The first-order valence-electron chi connectivity index (χ1n) is 8.88.